The van der Waals surface area contributed by atoms with Crippen LogP contribution in [0, 0.1) is 0 Å². The second kappa shape index (κ2) is 8.17. The van der Waals surface area contributed by atoms with Crippen molar-refractivity contribution in [3.05, 3.63) is 34.9 Å². The topological polar surface area (TPSA) is 119 Å². The van der Waals surface area contributed by atoms with E-state index in [4.69, 9.17) is 0 Å². The maximum atomic E-state index is 12.8. The second-order valence-electron chi connectivity index (χ2n) is 7.24. The molecule has 0 aromatic heterocycles. The molecule has 1 aromatic carbocycles. The molecule has 3 N–H and O–H groups in total. The second-order valence-corrected chi connectivity index (χ2v) is 7.24. The van der Waals surface area contributed by atoms with Crippen molar-refractivity contribution in [1.82, 2.24) is 20.4 Å². The standard InChI is InChI=1S/C19H24N4O5/c1-20-8-12(24)10-22(2)9-11-3-4-13-14(7-11)19(28)23(18(13)27)15-5-6-16(25)21-17(15)26/h3-4,7,12,15,20,24H,5-6,8-10H2,1-2H3,(H,21,25,26). The first-order valence-corrected chi connectivity index (χ1v) is 9.17. The van der Waals surface area contributed by atoms with Crippen molar-refractivity contribution in [2.45, 2.75) is 31.5 Å². The van der Waals surface area contributed by atoms with E-state index in [0.29, 0.717) is 19.6 Å². The molecule has 4 amide bonds. The van der Waals surface area contributed by atoms with Crippen molar-refractivity contribution in [2.75, 3.05) is 27.2 Å². The molecule has 2 aliphatic heterocycles. The summed E-state index contributed by atoms with van der Waals surface area (Å²) in [5.74, 6) is -2.05. The number of carbonyl (C=O) groups is 4. The highest BCUT2D eigenvalue weighted by atomic mass is 16.3. The van der Waals surface area contributed by atoms with Gasteiger partial charge < -0.3 is 10.4 Å². The van der Waals surface area contributed by atoms with Crippen LogP contribution in [0.2, 0.25) is 0 Å². The van der Waals surface area contributed by atoms with Crippen LogP contribution in [0.5, 0.6) is 0 Å². The highest BCUT2D eigenvalue weighted by Gasteiger charge is 2.44. The van der Waals surface area contributed by atoms with Crippen molar-refractivity contribution in [1.29, 1.82) is 0 Å². The number of rotatable bonds is 7. The lowest BCUT2D eigenvalue weighted by Crippen LogP contribution is -2.54. The highest BCUT2D eigenvalue weighted by Crippen LogP contribution is 2.28. The van der Waals surface area contributed by atoms with Crippen LogP contribution < -0.4 is 10.6 Å². The van der Waals surface area contributed by atoms with Gasteiger partial charge in [-0.2, -0.15) is 0 Å². The summed E-state index contributed by atoms with van der Waals surface area (Å²) in [6.07, 6.45) is -0.292. The van der Waals surface area contributed by atoms with E-state index in [-0.39, 0.29) is 24.0 Å². The van der Waals surface area contributed by atoms with Gasteiger partial charge in [-0.05, 0) is 38.2 Å². The van der Waals surface area contributed by atoms with E-state index in [1.807, 2.05) is 11.9 Å². The Morgan fingerprint density at radius 1 is 1.25 bits per heavy atom. The quantitative estimate of drug-likeness (QED) is 0.518. The average molecular weight is 388 g/mol. The van der Waals surface area contributed by atoms with Crippen LogP contribution >= 0.6 is 0 Å². The predicted molar refractivity (Wildman–Crippen MR) is 99.4 cm³/mol. The van der Waals surface area contributed by atoms with E-state index in [1.54, 1.807) is 25.2 Å². The summed E-state index contributed by atoms with van der Waals surface area (Å²) in [5.41, 5.74) is 1.34. The first-order valence-electron chi connectivity index (χ1n) is 9.17. The largest absolute Gasteiger partial charge is 0.390 e. The Morgan fingerprint density at radius 2 is 1.96 bits per heavy atom. The minimum Gasteiger partial charge on any atom is -0.390 e. The molecule has 0 spiro atoms. The van der Waals surface area contributed by atoms with Gasteiger partial charge in [0.25, 0.3) is 11.8 Å². The number of fused-ring (bicyclic) bond motifs is 1. The molecule has 1 saturated heterocycles. The van der Waals surface area contributed by atoms with Crippen molar-refractivity contribution < 1.29 is 24.3 Å². The molecule has 28 heavy (non-hydrogen) atoms. The minimum absolute atomic E-state index is 0.0921. The van der Waals surface area contributed by atoms with Crippen LogP contribution in [0.4, 0.5) is 0 Å². The maximum Gasteiger partial charge on any atom is 0.262 e. The van der Waals surface area contributed by atoms with Gasteiger partial charge in [-0.25, -0.2) is 0 Å². The molecule has 2 heterocycles. The van der Waals surface area contributed by atoms with Crippen LogP contribution in [0.15, 0.2) is 18.2 Å². The van der Waals surface area contributed by atoms with Crippen molar-refractivity contribution in [3.8, 4) is 0 Å². The van der Waals surface area contributed by atoms with Crippen LogP contribution in [-0.2, 0) is 16.1 Å². The fourth-order valence-corrected chi connectivity index (χ4v) is 3.65. The lowest BCUT2D eigenvalue weighted by atomic mass is 10.0. The third-order valence-electron chi connectivity index (χ3n) is 4.92. The van der Waals surface area contributed by atoms with Crippen LogP contribution in [0.25, 0.3) is 0 Å². The van der Waals surface area contributed by atoms with E-state index in [0.717, 1.165) is 10.5 Å². The minimum atomic E-state index is -0.965. The summed E-state index contributed by atoms with van der Waals surface area (Å²) >= 11 is 0. The molecule has 0 bridgehead atoms. The number of amides is 4. The monoisotopic (exact) mass is 388 g/mol. The Balaban J connectivity index is 1.74. The van der Waals surface area contributed by atoms with Gasteiger partial charge in [0.05, 0.1) is 17.2 Å². The number of imide groups is 2. The number of likely N-dealkylation sites (N-methyl/N-ethyl adjacent to an activating group) is 2. The van der Waals surface area contributed by atoms with Crippen molar-refractivity contribution >= 4 is 23.6 Å². The summed E-state index contributed by atoms with van der Waals surface area (Å²) in [5, 5.41) is 15.0. The molecular weight excluding hydrogens is 364 g/mol. The molecule has 2 atom stereocenters. The lowest BCUT2D eigenvalue weighted by Gasteiger charge is -2.27. The molecule has 3 rings (SSSR count). The number of benzene rings is 1. The molecule has 0 aliphatic carbocycles. The van der Waals surface area contributed by atoms with Crippen molar-refractivity contribution in [3.63, 3.8) is 0 Å². The number of nitrogens with one attached hydrogen (secondary N) is 2. The first-order chi connectivity index (χ1) is 13.3. The van der Waals surface area contributed by atoms with Crippen LogP contribution in [0.3, 0.4) is 0 Å². The number of carbonyl (C=O) groups excluding carboxylic acids is 4. The maximum absolute atomic E-state index is 12.8. The normalized spacial score (nSPS) is 20.6. The zero-order chi connectivity index (χ0) is 20.4. The number of aliphatic hydroxyl groups excluding tert-OH is 1. The average Bonchev–Trinajstić information content (AvgIpc) is 2.86. The van der Waals surface area contributed by atoms with Crippen molar-refractivity contribution in [2.24, 2.45) is 0 Å². The third-order valence-corrected chi connectivity index (χ3v) is 4.92. The number of aliphatic hydroxyl groups is 1. The summed E-state index contributed by atoms with van der Waals surface area (Å²) in [6, 6.07) is 4.05. The third kappa shape index (κ3) is 3.96. The summed E-state index contributed by atoms with van der Waals surface area (Å²) in [7, 11) is 3.62. The first kappa shape index (κ1) is 20.1. The van der Waals surface area contributed by atoms with E-state index in [1.165, 1.54) is 0 Å². The Kier molecular flexibility index (Phi) is 5.87. The smallest absolute Gasteiger partial charge is 0.262 e. The molecule has 1 aromatic rings. The van der Waals surface area contributed by atoms with E-state index in [2.05, 4.69) is 10.6 Å². The SMILES string of the molecule is CNCC(O)CN(C)Cc1ccc2c(c1)C(=O)N(C1CCC(=O)NC1=O)C2=O. The predicted octanol–water partition coefficient (Wildman–Crippen LogP) is -0.900. The summed E-state index contributed by atoms with van der Waals surface area (Å²) in [4.78, 5) is 51.8. The Morgan fingerprint density at radius 3 is 2.64 bits per heavy atom. The molecule has 2 aliphatic rings. The molecule has 0 saturated carbocycles. The Hall–Kier alpha value is -2.62. The molecule has 1 fully saturated rings. The van der Waals surface area contributed by atoms with Gasteiger partial charge in [-0.3, -0.25) is 34.3 Å². The zero-order valence-electron chi connectivity index (χ0n) is 15.9. The fourth-order valence-electron chi connectivity index (χ4n) is 3.65. The number of nitrogens with zero attached hydrogens (tertiary/aromatic N) is 2. The zero-order valence-corrected chi connectivity index (χ0v) is 15.9. The Bertz CT molecular complexity index is 825. The molecule has 9 nitrogen and oxygen atoms in total. The number of hydrogen-bond donors (Lipinski definition) is 3. The van der Waals surface area contributed by atoms with Gasteiger partial charge in [0.1, 0.15) is 6.04 Å². The summed E-state index contributed by atoms with van der Waals surface area (Å²) < 4.78 is 0. The summed E-state index contributed by atoms with van der Waals surface area (Å²) in [6.45, 7) is 1.42. The van der Waals surface area contributed by atoms with Crippen LogP contribution in [0.1, 0.15) is 39.1 Å². The lowest BCUT2D eigenvalue weighted by molar-refractivity contribution is -0.136. The van der Waals surface area contributed by atoms with Gasteiger partial charge in [0.15, 0.2) is 0 Å². The molecule has 9 heteroatoms. The highest BCUT2D eigenvalue weighted by molar-refractivity contribution is 6.23. The Labute approximate surface area is 162 Å². The van der Waals surface area contributed by atoms with Gasteiger partial charge in [-0.15, -0.1) is 0 Å². The van der Waals surface area contributed by atoms with E-state index < -0.39 is 35.8 Å². The molecular formula is C19H24N4O5. The number of piperidine rings is 1. The fraction of sp³-hybridized carbons (Fsp3) is 0.474. The van der Waals surface area contributed by atoms with Gasteiger partial charge in [-0.1, -0.05) is 6.07 Å². The van der Waals surface area contributed by atoms with Gasteiger partial charge >= 0.3 is 0 Å². The molecule has 2 unspecified atom stereocenters. The number of hydrogen-bond acceptors (Lipinski definition) is 7. The van der Waals surface area contributed by atoms with E-state index >= 15 is 0 Å². The molecule has 150 valence electrons. The molecule has 0 radical (unpaired) electrons. The van der Waals surface area contributed by atoms with E-state index in [9.17, 15) is 24.3 Å². The van der Waals surface area contributed by atoms with Crippen LogP contribution in [-0.4, -0.2) is 77.9 Å². The van der Waals surface area contributed by atoms with Gasteiger partial charge in [0, 0.05) is 26.1 Å². The van der Waals surface area contributed by atoms with Gasteiger partial charge in [0.2, 0.25) is 11.8 Å².